The number of fused-ring (bicyclic) bond motifs is 1. The van der Waals surface area contributed by atoms with Crippen molar-refractivity contribution in [2.24, 2.45) is 0 Å². The minimum atomic E-state index is 0.0276. The number of hydrogen-bond acceptors (Lipinski definition) is 3. The second kappa shape index (κ2) is 6.39. The van der Waals surface area contributed by atoms with Gasteiger partial charge in [0.05, 0.1) is 16.4 Å². The van der Waals surface area contributed by atoms with E-state index in [9.17, 15) is 4.79 Å². The molecule has 21 heavy (non-hydrogen) atoms. The molecule has 110 valence electrons. The van der Waals surface area contributed by atoms with Crippen molar-refractivity contribution in [1.82, 2.24) is 0 Å². The van der Waals surface area contributed by atoms with E-state index in [1.165, 1.54) is 22.6 Å². The molecule has 0 bridgehead atoms. The topological polar surface area (TPSA) is 20.3 Å². The van der Waals surface area contributed by atoms with Gasteiger partial charge in [-0.15, -0.1) is 11.3 Å². The van der Waals surface area contributed by atoms with Crippen LogP contribution in [-0.2, 0) is 6.42 Å². The Labute approximate surface area is 138 Å². The van der Waals surface area contributed by atoms with Crippen LogP contribution in [0.1, 0.15) is 28.8 Å². The number of carbonyl (C=O) groups is 1. The summed E-state index contributed by atoms with van der Waals surface area (Å²) in [6, 6.07) is 9.99. The van der Waals surface area contributed by atoms with Crippen molar-refractivity contribution < 1.29 is 4.79 Å². The van der Waals surface area contributed by atoms with Gasteiger partial charge in [0.15, 0.2) is 5.78 Å². The first kappa shape index (κ1) is 14.9. The van der Waals surface area contributed by atoms with Crippen LogP contribution in [0.25, 0.3) is 0 Å². The number of aryl methyl sites for hydroxylation is 1. The van der Waals surface area contributed by atoms with Gasteiger partial charge in [0, 0.05) is 12.2 Å². The maximum atomic E-state index is 12.5. The summed E-state index contributed by atoms with van der Waals surface area (Å²) >= 11 is 13.3. The zero-order valence-electron chi connectivity index (χ0n) is 11.4. The van der Waals surface area contributed by atoms with Gasteiger partial charge in [-0.2, -0.15) is 0 Å². The lowest BCUT2D eigenvalue weighted by Gasteiger charge is -2.24. The average molecular weight is 340 g/mol. The quantitative estimate of drug-likeness (QED) is 0.726. The molecule has 0 fully saturated rings. The molecule has 3 rings (SSSR count). The predicted molar refractivity (Wildman–Crippen MR) is 90.3 cm³/mol. The zero-order valence-corrected chi connectivity index (χ0v) is 13.8. The van der Waals surface area contributed by atoms with Crippen LogP contribution in [0, 0.1) is 0 Å². The van der Waals surface area contributed by atoms with E-state index in [0.29, 0.717) is 20.8 Å². The molecule has 0 N–H and O–H groups in total. The first-order valence-corrected chi connectivity index (χ1v) is 8.53. The molecule has 1 aliphatic heterocycles. The van der Waals surface area contributed by atoms with Crippen LogP contribution in [0.4, 0.5) is 5.69 Å². The van der Waals surface area contributed by atoms with Crippen LogP contribution in [0.2, 0.25) is 8.67 Å². The first-order valence-electron chi connectivity index (χ1n) is 6.96. The maximum absolute atomic E-state index is 12.5. The predicted octanol–water partition coefficient (Wildman–Crippen LogP) is 5.08. The SMILES string of the molecule is O=C(CN1CCCCc2ccccc21)c1cc(Cl)sc1Cl. The first-order chi connectivity index (χ1) is 10.1. The number of benzene rings is 1. The minimum Gasteiger partial charge on any atom is -0.364 e. The number of rotatable bonds is 3. The van der Waals surface area contributed by atoms with E-state index < -0.39 is 0 Å². The van der Waals surface area contributed by atoms with Gasteiger partial charge >= 0.3 is 0 Å². The molecule has 1 aliphatic rings. The molecule has 0 unspecified atom stereocenters. The summed E-state index contributed by atoms with van der Waals surface area (Å²) in [5.74, 6) is 0.0276. The Balaban J connectivity index is 1.84. The Morgan fingerprint density at radius 1 is 1.24 bits per heavy atom. The van der Waals surface area contributed by atoms with E-state index in [1.807, 2.05) is 6.07 Å². The fourth-order valence-electron chi connectivity index (χ4n) is 2.72. The third kappa shape index (κ3) is 3.25. The summed E-state index contributed by atoms with van der Waals surface area (Å²) < 4.78 is 1.03. The van der Waals surface area contributed by atoms with Gasteiger partial charge < -0.3 is 4.90 Å². The van der Waals surface area contributed by atoms with Crippen LogP contribution in [0.5, 0.6) is 0 Å². The second-order valence-electron chi connectivity index (χ2n) is 5.17. The van der Waals surface area contributed by atoms with Gasteiger partial charge in [-0.1, -0.05) is 41.4 Å². The minimum absolute atomic E-state index is 0.0276. The molecule has 1 aromatic carbocycles. The smallest absolute Gasteiger partial charge is 0.184 e. The molecule has 1 aromatic heterocycles. The Morgan fingerprint density at radius 2 is 2.05 bits per heavy atom. The van der Waals surface area contributed by atoms with Crippen LogP contribution in [-0.4, -0.2) is 18.9 Å². The Kier molecular flexibility index (Phi) is 4.53. The molecular formula is C16H15Cl2NOS. The van der Waals surface area contributed by atoms with Crippen LogP contribution >= 0.6 is 34.5 Å². The van der Waals surface area contributed by atoms with E-state index >= 15 is 0 Å². The third-order valence-electron chi connectivity index (χ3n) is 3.75. The number of anilines is 1. The second-order valence-corrected chi connectivity index (χ2v) is 7.45. The number of nitrogens with zero attached hydrogens (tertiary/aromatic N) is 1. The van der Waals surface area contributed by atoms with Crippen molar-refractivity contribution in [3.63, 3.8) is 0 Å². The van der Waals surface area contributed by atoms with E-state index in [-0.39, 0.29) is 5.78 Å². The lowest BCUT2D eigenvalue weighted by Crippen LogP contribution is -2.30. The lowest BCUT2D eigenvalue weighted by molar-refractivity contribution is 0.0999. The van der Waals surface area contributed by atoms with Gasteiger partial charge in [-0.05, 0) is 37.0 Å². The molecule has 0 saturated carbocycles. The number of halogens is 2. The van der Waals surface area contributed by atoms with Gasteiger partial charge in [0.2, 0.25) is 0 Å². The summed E-state index contributed by atoms with van der Waals surface area (Å²) in [5, 5.41) is 0. The summed E-state index contributed by atoms with van der Waals surface area (Å²) in [4.78, 5) is 14.7. The van der Waals surface area contributed by atoms with Gasteiger partial charge in [-0.3, -0.25) is 4.79 Å². The normalized spacial score (nSPS) is 14.7. The van der Waals surface area contributed by atoms with Gasteiger partial charge in [0.25, 0.3) is 0 Å². The van der Waals surface area contributed by atoms with E-state index in [0.717, 1.165) is 25.8 Å². The Morgan fingerprint density at radius 3 is 2.81 bits per heavy atom. The summed E-state index contributed by atoms with van der Waals surface area (Å²) in [6.07, 6.45) is 3.33. The Bertz CT molecular complexity index is 668. The molecular weight excluding hydrogens is 325 g/mol. The maximum Gasteiger partial charge on any atom is 0.184 e. The van der Waals surface area contributed by atoms with Crippen molar-refractivity contribution in [1.29, 1.82) is 0 Å². The Hall–Kier alpha value is -1.03. The van der Waals surface area contributed by atoms with Crippen molar-refractivity contribution in [2.45, 2.75) is 19.3 Å². The van der Waals surface area contributed by atoms with Gasteiger partial charge in [0.1, 0.15) is 4.34 Å². The molecule has 2 nitrogen and oxygen atoms in total. The number of ketones is 1. The molecule has 0 radical (unpaired) electrons. The van der Waals surface area contributed by atoms with E-state index in [4.69, 9.17) is 23.2 Å². The van der Waals surface area contributed by atoms with E-state index in [2.05, 4.69) is 23.1 Å². The van der Waals surface area contributed by atoms with E-state index in [1.54, 1.807) is 6.07 Å². The molecule has 0 saturated heterocycles. The van der Waals surface area contributed by atoms with Crippen molar-refractivity contribution in [2.75, 3.05) is 18.0 Å². The van der Waals surface area contributed by atoms with Crippen molar-refractivity contribution in [3.8, 4) is 0 Å². The monoisotopic (exact) mass is 339 g/mol. The summed E-state index contributed by atoms with van der Waals surface area (Å²) in [7, 11) is 0. The van der Waals surface area contributed by atoms with Crippen LogP contribution in [0.15, 0.2) is 30.3 Å². The summed E-state index contributed by atoms with van der Waals surface area (Å²) in [5.41, 5.74) is 3.02. The van der Waals surface area contributed by atoms with Gasteiger partial charge in [-0.25, -0.2) is 0 Å². The molecule has 2 aromatic rings. The lowest BCUT2D eigenvalue weighted by atomic mass is 10.1. The highest BCUT2D eigenvalue weighted by atomic mass is 35.5. The molecule has 2 heterocycles. The highest BCUT2D eigenvalue weighted by Crippen LogP contribution is 2.32. The molecule has 0 aliphatic carbocycles. The average Bonchev–Trinajstić information content (AvgIpc) is 2.69. The van der Waals surface area contributed by atoms with Crippen molar-refractivity contribution >= 4 is 46.0 Å². The molecule has 0 spiro atoms. The summed E-state index contributed by atoms with van der Waals surface area (Å²) in [6.45, 7) is 1.25. The third-order valence-corrected chi connectivity index (χ3v) is 5.24. The van der Waals surface area contributed by atoms with Crippen molar-refractivity contribution in [3.05, 3.63) is 50.1 Å². The zero-order chi connectivity index (χ0) is 14.8. The molecule has 5 heteroatoms. The molecule has 0 atom stereocenters. The number of hydrogen-bond donors (Lipinski definition) is 0. The van der Waals surface area contributed by atoms with Crippen LogP contribution in [0.3, 0.4) is 0 Å². The fraction of sp³-hybridized carbons (Fsp3) is 0.312. The number of carbonyl (C=O) groups excluding carboxylic acids is 1. The fourth-order valence-corrected chi connectivity index (χ4v) is 4.22. The molecule has 0 amide bonds. The number of para-hydroxylation sites is 1. The standard InChI is InChI=1S/C16H15Cl2NOS/c17-15-9-12(16(18)21-15)14(20)10-19-8-4-3-6-11-5-1-2-7-13(11)19/h1-2,5,7,9H,3-4,6,8,10H2. The largest absolute Gasteiger partial charge is 0.364 e. The number of thiophene rings is 1. The highest BCUT2D eigenvalue weighted by molar-refractivity contribution is 7.20. The van der Waals surface area contributed by atoms with Crippen LogP contribution < -0.4 is 4.90 Å². The number of Topliss-reactive ketones (excluding diaryl/α,β-unsaturated/α-hetero) is 1. The highest BCUT2D eigenvalue weighted by Gasteiger charge is 2.20.